The molecule has 1 amide bonds. The molecule has 2 unspecified atom stereocenters. The number of nitrogens with zero attached hydrogens (tertiary/aromatic N) is 1. The van der Waals surface area contributed by atoms with Crippen LogP contribution >= 0.6 is 0 Å². The van der Waals surface area contributed by atoms with Crippen LogP contribution in [-0.4, -0.2) is 17.4 Å². The Morgan fingerprint density at radius 1 is 1.25 bits per heavy atom. The van der Waals surface area contributed by atoms with Crippen LogP contribution in [0.1, 0.15) is 24.9 Å². The Hall–Kier alpha value is -2.09. The summed E-state index contributed by atoms with van der Waals surface area (Å²) >= 11 is 0. The van der Waals surface area contributed by atoms with Gasteiger partial charge in [0.05, 0.1) is 6.04 Å². The number of hydrogen-bond acceptors (Lipinski definition) is 1. The summed E-state index contributed by atoms with van der Waals surface area (Å²) in [5.41, 5.74) is 1.22. The highest BCUT2D eigenvalue weighted by Crippen LogP contribution is 2.32. The molecule has 2 aromatic rings. The van der Waals surface area contributed by atoms with Crippen LogP contribution in [0, 0.1) is 5.92 Å². The highest BCUT2D eigenvalue weighted by Gasteiger charge is 2.31. The number of carbonyl (C=O) groups is 1. The van der Waals surface area contributed by atoms with Crippen LogP contribution in [0.5, 0.6) is 0 Å². The first-order valence-electron chi connectivity index (χ1n) is 7.10. The minimum Gasteiger partial charge on any atom is -0.335 e. The first-order valence-corrected chi connectivity index (χ1v) is 7.10. The minimum absolute atomic E-state index is 0.110. The SMILES string of the molecule is C=CC1CC(=O)N(C(C)c2cccc3ccccc23)C1. The Labute approximate surface area is 119 Å². The number of benzene rings is 2. The minimum atomic E-state index is 0.110. The number of likely N-dealkylation sites (tertiary alicyclic amines) is 1. The van der Waals surface area contributed by atoms with Crippen LogP contribution in [0.2, 0.25) is 0 Å². The largest absolute Gasteiger partial charge is 0.335 e. The molecule has 2 aromatic carbocycles. The third-order valence-corrected chi connectivity index (χ3v) is 4.26. The lowest BCUT2D eigenvalue weighted by Crippen LogP contribution is -2.28. The normalized spacial score (nSPS) is 20.4. The standard InChI is InChI=1S/C18H19NO/c1-3-14-11-18(20)19(12-14)13(2)16-10-6-8-15-7-4-5-9-17(15)16/h3-10,13-14H,1,11-12H2,2H3. The number of fused-ring (bicyclic) bond motifs is 1. The second-order valence-corrected chi connectivity index (χ2v) is 5.49. The second kappa shape index (κ2) is 5.12. The van der Waals surface area contributed by atoms with Crippen LogP contribution in [-0.2, 0) is 4.79 Å². The molecule has 0 aliphatic carbocycles. The molecule has 102 valence electrons. The van der Waals surface area contributed by atoms with Crippen LogP contribution in [0.3, 0.4) is 0 Å². The zero-order valence-corrected chi connectivity index (χ0v) is 11.8. The van der Waals surface area contributed by atoms with E-state index in [9.17, 15) is 4.79 Å². The van der Waals surface area contributed by atoms with Gasteiger partial charge in [0, 0.05) is 18.9 Å². The van der Waals surface area contributed by atoms with Crippen molar-refractivity contribution in [2.24, 2.45) is 5.92 Å². The maximum absolute atomic E-state index is 12.2. The Morgan fingerprint density at radius 3 is 2.75 bits per heavy atom. The fourth-order valence-corrected chi connectivity index (χ4v) is 3.08. The van der Waals surface area contributed by atoms with Gasteiger partial charge in [-0.1, -0.05) is 48.5 Å². The molecule has 1 fully saturated rings. The molecule has 0 N–H and O–H groups in total. The van der Waals surface area contributed by atoms with Gasteiger partial charge in [0.15, 0.2) is 0 Å². The van der Waals surface area contributed by atoms with Gasteiger partial charge in [-0.2, -0.15) is 0 Å². The van der Waals surface area contributed by atoms with E-state index in [4.69, 9.17) is 0 Å². The highest BCUT2D eigenvalue weighted by atomic mass is 16.2. The van der Waals surface area contributed by atoms with Gasteiger partial charge in [-0.3, -0.25) is 4.79 Å². The first-order chi connectivity index (χ1) is 9.70. The highest BCUT2D eigenvalue weighted by molar-refractivity contribution is 5.87. The van der Waals surface area contributed by atoms with Crippen LogP contribution < -0.4 is 0 Å². The van der Waals surface area contributed by atoms with Gasteiger partial charge in [-0.25, -0.2) is 0 Å². The molecular weight excluding hydrogens is 246 g/mol. The Balaban J connectivity index is 1.99. The van der Waals surface area contributed by atoms with E-state index in [-0.39, 0.29) is 11.9 Å². The molecule has 1 saturated heterocycles. The molecule has 0 saturated carbocycles. The van der Waals surface area contributed by atoms with E-state index in [1.54, 1.807) is 0 Å². The van der Waals surface area contributed by atoms with Crippen molar-refractivity contribution in [3.63, 3.8) is 0 Å². The number of rotatable bonds is 3. The van der Waals surface area contributed by atoms with Crippen LogP contribution in [0.25, 0.3) is 10.8 Å². The topological polar surface area (TPSA) is 20.3 Å². The van der Waals surface area contributed by atoms with Crippen molar-refractivity contribution in [1.82, 2.24) is 4.90 Å². The third-order valence-electron chi connectivity index (χ3n) is 4.26. The third kappa shape index (κ3) is 2.11. The van der Waals surface area contributed by atoms with Gasteiger partial charge >= 0.3 is 0 Å². The molecule has 20 heavy (non-hydrogen) atoms. The maximum Gasteiger partial charge on any atom is 0.223 e. The smallest absolute Gasteiger partial charge is 0.223 e. The Kier molecular flexibility index (Phi) is 3.31. The summed E-state index contributed by atoms with van der Waals surface area (Å²) in [5, 5.41) is 2.46. The summed E-state index contributed by atoms with van der Waals surface area (Å²) in [6.45, 7) is 6.72. The molecule has 1 aliphatic rings. The molecule has 2 atom stereocenters. The first kappa shape index (κ1) is 12.9. The van der Waals surface area contributed by atoms with E-state index in [1.165, 1.54) is 16.3 Å². The van der Waals surface area contributed by atoms with E-state index in [0.717, 1.165) is 6.54 Å². The monoisotopic (exact) mass is 265 g/mol. The van der Waals surface area contributed by atoms with Gasteiger partial charge in [0.2, 0.25) is 5.91 Å². The molecule has 0 spiro atoms. The second-order valence-electron chi connectivity index (χ2n) is 5.49. The zero-order valence-electron chi connectivity index (χ0n) is 11.8. The Bertz CT molecular complexity index is 656. The van der Waals surface area contributed by atoms with Crippen molar-refractivity contribution in [2.45, 2.75) is 19.4 Å². The van der Waals surface area contributed by atoms with Gasteiger partial charge in [0.1, 0.15) is 0 Å². The van der Waals surface area contributed by atoms with E-state index < -0.39 is 0 Å². The van der Waals surface area contributed by atoms with Crippen LogP contribution in [0.4, 0.5) is 0 Å². The molecular formula is C18H19NO. The number of amides is 1. The van der Waals surface area contributed by atoms with Crippen molar-refractivity contribution in [3.8, 4) is 0 Å². The average molecular weight is 265 g/mol. The van der Waals surface area contributed by atoms with E-state index >= 15 is 0 Å². The predicted molar refractivity (Wildman–Crippen MR) is 82.4 cm³/mol. The fraction of sp³-hybridized carbons (Fsp3) is 0.278. The van der Waals surface area contributed by atoms with E-state index in [0.29, 0.717) is 12.3 Å². The fourth-order valence-electron chi connectivity index (χ4n) is 3.08. The summed E-state index contributed by atoms with van der Waals surface area (Å²) in [7, 11) is 0. The van der Waals surface area contributed by atoms with Crippen molar-refractivity contribution in [2.75, 3.05) is 6.54 Å². The summed E-state index contributed by atoms with van der Waals surface area (Å²) in [6, 6.07) is 14.8. The zero-order chi connectivity index (χ0) is 14.1. The van der Waals surface area contributed by atoms with Crippen molar-refractivity contribution in [1.29, 1.82) is 0 Å². The Morgan fingerprint density at radius 2 is 2.00 bits per heavy atom. The summed E-state index contributed by atoms with van der Waals surface area (Å²) in [6.07, 6.45) is 2.49. The molecule has 0 radical (unpaired) electrons. The summed E-state index contributed by atoms with van der Waals surface area (Å²) in [5.74, 6) is 0.523. The summed E-state index contributed by atoms with van der Waals surface area (Å²) < 4.78 is 0. The van der Waals surface area contributed by atoms with Crippen molar-refractivity contribution in [3.05, 3.63) is 60.7 Å². The predicted octanol–water partition coefficient (Wildman–Crippen LogP) is 3.94. The van der Waals surface area contributed by atoms with Crippen molar-refractivity contribution < 1.29 is 4.79 Å². The number of carbonyl (C=O) groups excluding carboxylic acids is 1. The van der Waals surface area contributed by atoms with Gasteiger partial charge in [-0.05, 0) is 23.3 Å². The lowest BCUT2D eigenvalue weighted by atomic mass is 9.99. The van der Waals surface area contributed by atoms with Gasteiger partial charge < -0.3 is 4.90 Å². The maximum atomic E-state index is 12.2. The van der Waals surface area contributed by atoms with E-state index in [1.807, 2.05) is 17.0 Å². The molecule has 3 rings (SSSR count). The molecule has 0 aromatic heterocycles. The molecule has 1 aliphatic heterocycles. The van der Waals surface area contributed by atoms with Crippen molar-refractivity contribution >= 4 is 16.7 Å². The quantitative estimate of drug-likeness (QED) is 0.770. The lowest BCUT2D eigenvalue weighted by molar-refractivity contribution is -0.129. The average Bonchev–Trinajstić information content (AvgIpc) is 2.87. The van der Waals surface area contributed by atoms with Gasteiger partial charge in [-0.15, -0.1) is 6.58 Å². The molecule has 0 bridgehead atoms. The number of hydrogen-bond donors (Lipinski definition) is 0. The molecule has 1 heterocycles. The van der Waals surface area contributed by atoms with Gasteiger partial charge in [0.25, 0.3) is 0 Å². The molecule has 2 heteroatoms. The summed E-state index contributed by atoms with van der Waals surface area (Å²) in [4.78, 5) is 14.2. The van der Waals surface area contributed by atoms with E-state index in [2.05, 4.69) is 49.9 Å². The van der Waals surface area contributed by atoms with Crippen LogP contribution in [0.15, 0.2) is 55.1 Å². The lowest BCUT2D eigenvalue weighted by Gasteiger charge is -2.26. The molecule has 2 nitrogen and oxygen atoms in total.